The zero-order chi connectivity index (χ0) is 14.4. The van der Waals surface area contributed by atoms with Crippen LogP contribution in [0.4, 0.5) is 0 Å². The normalized spacial score (nSPS) is 19.4. The van der Waals surface area contributed by atoms with Crippen LogP contribution in [0.3, 0.4) is 0 Å². The first-order valence-electron chi connectivity index (χ1n) is 7.34. The van der Waals surface area contributed by atoms with Crippen LogP contribution < -0.4 is 5.32 Å². The minimum Gasteiger partial charge on any atom is -0.383 e. The van der Waals surface area contributed by atoms with Gasteiger partial charge in [-0.05, 0) is 32.2 Å². The second-order valence-corrected chi connectivity index (χ2v) is 5.33. The van der Waals surface area contributed by atoms with Gasteiger partial charge in [-0.2, -0.15) is 4.98 Å². The fourth-order valence-electron chi connectivity index (χ4n) is 2.88. The van der Waals surface area contributed by atoms with Gasteiger partial charge in [0.15, 0.2) is 0 Å². The van der Waals surface area contributed by atoms with E-state index in [1.54, 1.807) is 14.2 Å². The zero-order valence-electron chi connectivity index (χ0n) is 12.6. The molecule has 2 rings (SSSR count). The molecule has 1 aliphatic carbocycles. The Bertz CT molecular complexity index is 396. The largest absolute Gasteiger partial charge is 0.383 e. The molecule has 1 aliphatic rings. The molecule has 1 aromatic heterocycles. The van der Waals surface area contributed by atoms with Crippen LogP contribution in [0.25, 0.3) is 0 Å². The van der Waals surface area contributed by atoms with E-state index in [4.69, 9.17) is 14.0 Å². The molecule has 0 amide bonds. The van der Waals surface area contributed by atoms with Crippen LogP contribution in [-0.2, 0) is 21.5 Å². The summed E-state index contributed by atoms with van der Waals surface area (Å²) in [6.07, 6.45) is 4.92. The van der Waals surface area contributed by atoms with Crippen LogP contribution in [0.2, 0.25) is 0 Å². The Kier molecular flexibility index (Phi) is 5.51. The van der Waals surface area contributed by atoms with Crippen molar-refractivity contribution >= 4 is 0 Å². The summed E-state index contributed by atoms with van der Waals surface area (Å²) in [6, 6.07) is 0.195. The van der Waals surface area contributed by atoms with Crippen molar-refractivity contribution in [1.29, 1.82) is 0 Å². The van der Waals surface area contributed by atoms with E-state index in [9.17, 15) is 0 Å². The lowest BCUT2D eigenvalue weighted by Gasteiger charge is -2.22. The maximum Gasteiger partial charge on any atom is 0.228 e. The van der Waals surface area contributed by atoms with Crippen LogP contribution in [0.5, 0.6) is 0 Å². The van der Waals surface area contributed by atoms with Gasteiger partial charge in [0, 0.05) is 26.7 Å². The van der Waals surface area contributed by atoms with Crippen LogP contribution in [0.1, 0.15) is 44.3 Å². The van der Waals surface area contributed by atoms with Crippen LogP contribution in [0.15, 0.2) is 4.52 Å². The third-order valence-electron chi connectivity index (χ3n) is 3.96. The number of hydrogen-bond acceptors (Lipinski definition) is 6. The molecular formula is C14H25N3O3. The molecule has 1 atom stereocenters. The quantitative estimate of drug-likeness (QED) is 0.782. The Morgan fingerprint density at radius 3 is 2.70 bits per heavy atom. The molecule has 114 valence electrons. The molecule has 0 aliphatic heterocycles. The minimum atomic E-state index is -0.337. The second-order valence-electron chi connectivity index (χ2n) is 5.33. The topological polar surface area (TPSA) is 69.4 Å². The number of hydrogen-bond donors (Lipinski definition) is 1. The molecule has 1 heterocycles. The maximum absolute atomic E-state index is 5.67. The van der Waals surface area contributed by atoms with E-state index < -0.39 is 0 Å². The molecule has 1 N–H and O–H groups in total. The lowest BCUT2D eigenvalue weighted by atomic mass is 10.0. The molecular weight excluding hydrogens is 258 g/mol. The summed E-state index contributed by atoms with van der Waals surface area (Å²) in [5, 5.41) is 7.49. The van der Waals surface area contributed by atoms with Crippen LogP contribution >= 0.6 is 0 Å². The second kappa shape index (κ2) is 7.15. The monoisotopic (exact) mass is 283 g/mol. The first kappa shape index (κ1) is 15.4. The average Bonchev–Trinajstić information content (AvgIpc) is 3.08. The summed E-state index contributed by atoms with van der Waals surface area (Å²) in [4.78, 5) is 4.54. The lowest BCUT2D eigenvalue weighted by molar-refractivity contribution is -0.0178. The number of ether oxygens (including phenoxy) is 2. The Morgan fingerprint density at radius 1 is 1.35 bits per heavy atom. The molecule has 0 aromatic carbocycles. The number of nitrogens with one attached hydrogen (secondary N) is 1. The van der Waals surface area contributed by atoms with E-state index in [0.717, 1.165) is 32.2 Å². The highest BCUT2D eigenvalue weighted by Gasteiger charge is 2.40. The molecule has 1 fully saturated rings. The SMILES string of the molecule is CCNC(COC)Cc1nc(C2(OC)CCCC2)no1. The predicted molar refractivity (Wildman–Crippen MR) is 74.5 cm³/mol. The van der Waals surface area contributed by atoms with Crippen molar-refractivity contribution < 1.29 is 14.0 Å². The summed E-state index contributed by atoms with van der Waals surface area (Å²) >= 11 is 0. The van der Waals surface area contributed by atoms with Crippen molar-refractivity contribution in [3.05, 3.63) is 11.7 Å². The van der Waals surface area contributed by atoms with Crippen LogP contribution in [-0.4, -0.2) is 43.6 Å². The summed E-state index contributed by atoms with van der Waals surface area (Å²) in [6.45, 7) is 3.58. The van der Waals surface area contributed by atoms with Crippen molar-refractivity contribution in [2.24, 2.45) is 0 Å². The molecule has 1 saturated carbocycles. The predicted octanol–water partition coefficient (Wildman–Crippen LogP) is 1.65. The number of likely N-dealkylation sites (N-methyl/N-ethyl adjacent to an activating group) is 1. The highest BCUT2D eigenvalue weighted by atomic mass is 16.5. The molecule has 0 saturated heterocycles. The van der Waals surface area contributed by atoms with Crippen LogP contribution in [0, 0.1) is 0 Å². The van der Waals surface area contributed by atoms with Gasteiger partial charge < -0.3 is 19.3 Å². The lowest BCUT2D eigenvalue weighted by Crippen LogP contribution is -2.35. The number of aromatic nitrogens is 2. The van der Waals surface area contributed by atoms with E-state index in [1.165, 1.54) is 0 Å². The number of nitrogens with zero attached hydrogens (tertiary/aromatic N) is 2. The maximum atomic E-state index is 5.67. The smallest absolute Gasteiger partial charge is 0.228 e. The van der Waals surface area contributed by atoms with Gasteiger partial charge in [-0.25, -0.2) is 0 Å². The highest BCUT2D eigenvalue weighted by Crippen LogP contribution is 2.40. The molecule has 0 spiro atoms. The molecule has 6 heteroatoms. The summed E-state index contributed by atoms with van der Waals surface area (Å²) < 4.78 is 16.3. The van der Waals surface area contributed by atoms with Gasteiger partial charge in [0.25, 0.3) is 0 Å². The van der Waals surface area contributed by atoms with Gasteiger partial charge in [-0.15, -0.1) is 0 Å². The Morgan fingerprint density at radius 2 is 2.10 bits per heavy atom. The zero-order valence-corrected chi connectivity index (χ0v) is 12.6. The average molecular weight is 283 g/mol. The van der Waals surface area contributed by atoms with Crippen molar-refractivity contribution in [2.45, 2.75) is 50.7 Å². The van der Waals surface area contributed by atoms with E-state index >= 15 is 0 Å². The number of methoxy groups -OCH3 is 2. The van der Waals surface area contributed by atoms with Crippen molar-refractivity contribution in [3.63, 3.8) is 0 Å². The van der Waals surface area contributed by atoms with E-state index in [2.05, 4.69) is 22.4 Å². The van der Waals surface area contributed by atoms with Crippen molar-refractivity contribution in [2.75, 3.05) is 27.4 Å². The third kappa shape index (κ3) is 3.37. The van der Waals surface area contributed by atoms with E-state index in [-0.39, 0.29) is 11.6 Å². The first-order valence-corrected chi connectivity index (χ1v) is 7.34. The van der Waals surface area contributed by atoms with Crippen molar-refractivity contribution in [1.82, 2.24) is 15.5 Å². The Labute approximate surface area is 120 Å². The van der Waals surface area contributed by atoms with Gasteiger partial charge >= 0.3 is 0 Å². The first-order chi connectivity index (χ1) is 9.74. The molecule has 6 nitrogen and oxygen atoms in total. The van der Waals surface area contributed by atoms with Crippen molar-refractivity contribution in [3.8, 4) is 0 Å². The highest BCUT2D eigenvalue weighted by molar-refractivity contribution is 5.05. The van der Waals surface area contributed by atoms with Gasteiger partial charge in [0.2, 0.25) is 11.7 Å². The molecule has 0 bridgehead atoms. The Hall–Kier alpha value is -0.980. The summed E-state index contributed by atoms with van der Waals surface area (Å²) in [5.41, 5.74) is -0.337. The minimum absolute atomic E-state index is 0.195. The van der Waals surface area contributed by atoms with E-state index in [1.807, 2.05) is 0 Å². The standard InChI is InChI=1S/C14H25N3O3/c1-4-15-11(10-18-2)9-12-16-13(17-20-12)14(19-3)7-5-6-8-14/h11,15H,4-10H2,1-3H3. The summed E-state index contributed by atoms with van der Waals surface area (Å²) in [7, 11) is 3.43. The molecule has 0 radical (unpaired) electrons. The molecule has 20 heavy (non-hydrogen) atoms. The molecule has 1 aromatic rings. The fourth-order valence-corrected chi connectivity index (χ4v) is 2.88. The third-order valence-corrected chi connectivity index (χ3v) is 3.96. The number of rotatable bonds is 8. The van der Waals surface area contributed by atoms with Gasteiger partial charge in [-0.1, -0.05) is 12.1 Å². The fraction of sp³-hybridized carbons (Fsp3) is 0.857. The van der Waals surface area contributed by atoms with Gasteiger partial charge in [-0.3, -0.25) is 0 Å². The van der Waals surface area contributed by atoms with Gasteiger partial charge in [0.1, 0.15) is 5.60 Å². The summed E-state index contributed by atoms with van der Waals surface area (Å²) in [5.74, 6) is 1.34. The van der Waals surface area contributed by atoms with Gasteiger partial charge in [0.05, 0.1) is 6.61 Å². The Balaban J connectivity index is 2.04. The molecule has 1 unspecified atom stereocenters. The van der Waals surface area contributed by atoms with E-state index in [0.29, 0.717) is 24.7 Å².